The van der Waals surface area contributed by atoms with Crippen LogP contribution in [-0.4, -0.2) is 24.4 Å². The number of nitrogens with two attached hydrogens (primary N) is 2. The van der Waals surface area contributed by atoms with Gasteiger partial charge in [-0.3, -0.25) is 4.79 Å². The minimum absolute atomic E-state index is 0.427. The molecular formula is C17H25N3O. The Hall–Kier alpha value is -1.55. The van der Waals surface area contributed by atoms with Crippen LogP contribution in [0.1, 0.15) is 41.6 Å². The van der Waals surface area contributed by atoms with E-state index in [0.29, 0.717) is 11.3 Å². The van der Waals surface area contributed by atoms with Crippen LogP contribution in [0.5, 0.6) is 0 Å². The monoisotopic (exact) mass is 287 g/mol. The van der Waals surface area contributed by atoms with Crippen LogP contribution in [0.3, 0.4) is 0 Å². The van der Waals surface area contributed by atoms with Crippen molar-refractivity contribution < 1.29 is 4.79 Å². The summed E-state index contributed by atoms with van der Waals surface area (Å²) in [4.78, 5) is 13.5. The van der Waals surface area contributed by atoms with Gasteiger partial charge in [0.1, 0.15) is 0 Å². The van der Waals surface area contributed by atoms with Crippen molar-refractivity contribution in [2.45, 2.75) is 32.2 Å². The van der Waals surface area contributed by atoms with E-state index in [1.807, 2.05) is 6.07 Å². The second-order valence-electron chi connectivity index (χ2n) is 6.91. The molecule has 0 aromatic heterocycles. The summed E-state index contributed by atoms with van der Waals surface area (Å²) in [6.45, 7) is 1.98. The van der Waals surface area contributed by atoms with E-state index >= 15 is 0 Å². The summed E-state index contributed by atoms with van der Waals surface area (Å²) in [5, 5.41) is 0. The molecule has 0 radical (unpaired) electrons. The molecule has 4 nitrogen and oxygen atoms in total. The molecule has 114 valence electrons. The Morgan fingerprint density at radius 1 is 1.33 bits per heavy atom. The van der Waals surface area contributed by atoms with Crippen LogP contribution in [-0.2, 0) is 6.54 Å². The Kier molecular flexibility index (Phi) is 3.89. The number of fused-ring (bicyclic) bond motifs is 2. The number of primary amides is 1. The van der Waals surface area contributed by atoms with Crippen LogP contribution in [0, 0.1) is 17.8 Å². The highest BCUT2D eigenvalue weighted by Gasteiger charge is 2.39. The number of carbonyl (C=O) groups excluding carboxylic acids is 1. The van der Waals surface area contributed by atoms with Crippen molar-refractivity contribution >= 4 is 11.6 Å². The first-order chi connectivity index (χ1) is 10.0. The maximum Gasteiger partial charge on any atom is 0.248 e. The van der Waals surface area contributed by atoms with Crippen LogP contribution in [0.4, 0.5) is 5.69 Å². The SMILES string of the molecule is CN(Cc1ccc(C(N)=O)cc1N)CC1CC2CCC1C2. The van der Waals surface area contributed by atoms with Crippen LogP contribution in [0.15, 0.2) is 18.2 Å². The first-order valence-electron chi connectivity index (χ1n) is 7.89. The molecule has 3 atom stereocenters. The zero-order valence-electron chi connectivity index (χ0n) is 12.7. The molecule has 0 heterocycles. The van der Waals surface area contributed by atoms with E-state index in [0.717, 1.165) is 36.4 Å². The summed E-state index contributed by atoms with van der Waals surface area (Å²) >= 11 is 0. The zero-order chi connectivity index (χ0) is 15.0. The molecule has 3 unspecified atom stereocenters. The third kappa shape index (κ3) is 3.05. The lowest BCUT2D eigenvalue weighted by atomic mass is 9.88. The first kappa shape index (κ1) is 14.4. The highest BCUT2D eigenvalue weighted by Crippen LogP contribution is 2.48. The number of nitrogens with zero attached hydrogens (tertiary/aromatic N) is 1. The average Bonchev–Trinajstić information content (AvgIpc) is 3.03. The topological polar surface area (TPSA) is 72.3 Å². The standard InChI is InChI=1S/C17H25N3O/c1-20(10-15-7-11-2-3-12(15)6-11)9-14-5-4-13(17(19)21)8-16(14)18/h4-5,8,11-12,15H,2-3,6-7,9-10,18H2,1H3,(H2,19,21). The fourth-order valence-electron chi connectivity index (χ4n) is 4.25. The summed E-state index contributed by atoms with van der Waals surface area (Å²) in [7, 11) is 2.16. The van der Waals surface area contributed by atoms with Gasteiger partial charge in [-0.2, -0.15) is 0 Å². The van der Waals surface area contributed by atoms with Crippen molar-refractivity contribution in [1.82, 2.24) is 4.90 Å². The summed E-state index contributed by atoms with van der Waals surface area (Å²) in [5.74, 6) is 2.38. The van der Waals surface area contributed by atoms with Gasteiger partial charge in [0, 0.05) is 24.3 Å². The predicted octanol–water partition coefficient (Wildman–Crippen LogP) is 2.24. The number of rotatable bonds is 5. The van der Waals surface area contributed by atoms with Gasteiger partial charge in [0.15, 0.2) is 0 Å². The van der Waals surface area contributed by atoms with E-state index in [4.69, 9.17) is 11.5 Å². The van der Waals surface area contributed by atoms with E-state index in [2.05, 4.69) is 11.9 Å². The van der Waals surface area contributed by atoms with Crippen molar-refractivity contribution in [2.24, 2.45) is 23.5 Å². The number of benzene rings is 1. The van der Waals surface area contributed by atoms with Gasteiger partial charge >= 0.3 is 0 Å². The van der Waals surface area contributed by atoms with Gasteiger partial charge in [0.2, 0.25) is 5.91 Å². The van der Waals surface area contributed by atoms with Crippen LogP contribution < -0.4 is 11.5 Å². The molecule has 21 heavy (non-hydrogen) atoms. The number of amides is 1. The van der Waals surface area contributed by atoms with Crippen molar-refractivity contribution in [2.75, 3.05) is 19.3 Å². The Bertz CT molecular complexity index is 543. The molecule has 0 aliphatic heterocycles. The van der Waals surface area contributed by atoms with E-state index in [-0.39, 0.29) is 0 Å². The molecule has 1 amide bonds. The largest absolute Gasteiger partial charge is 0.398 e. The van der Waals surface area contributed by atoms with E-state index in [1.54, 1.807) is 12.1 Å². The van der Waals surface area contributed by atoms with Gasteiger partial charge in [-0.1, -0.05) is 12.5 Å². The average molecular weight is 287 g/mol. The smallest absolute Gasteiger partial charge is 0.248 e. The van der Waals surface area contributed by atoms with E-state index in [9.17, 15) is 4.79 Å². The molecule has 2 bridgehead atoms. The minimum Gasteiger partial charge on any atom is -0.398 e. The van der Waals surface area contributed by atoms with E-state index < -0.39 is 5.91 Å². The third-order valence-corrected chi connectivity index (χ3v) is 5.30. The molecule has 1 aromatic carbocycles. The molecule has 4 heteroatoms. The van der Waals surface area contributed by atoms with Crippen molar-refractivity contribution in [3.8, 4) is 0 Å². The lowest BCUT2D eigenvalue weighted by Crippen LogP contribution is -2.28. The van der Waals surface area contributed by atoms with Gasteiger partial charge in [-0.05, 0) is 61.8 Å². The highest BCUT2D eigenvalue weighted by molar-refractivity contribution is 5.93. The molecule has 0 saturated heterocycles. The third-order valence-electron chi connectivity index (χ3n) is 5.30. The number of anilines is 1. The fraction of sp³-hybridized carbons (Fsp3) is 0.588. The number of hydrogen-bond acceptors (Lipinski definition) is 3. The lowest BCUT2D eigenvalue weighted by Gasteiger charge is -2.27. The molecule has 3 rings (SSSR count). The normalized spacial score (nSPS) is 27.4. The molecule has 2 saturated carbocycles. The van der Waals surface area contributed by atoms with Crippen molar-refractivity contribution in [3.05, 3.63) is 29.3 Å². The molecule has 4 N–H and O–H groups in total. The Balaban J connectivity index is 1.59. The van der Waals surface area contributed by atoms with Gasteiger partial charge in [-0.25, -0.2) is 0 Å². The first-order valence-corrected chi connectivity index (χ1v) is 7.89. The zero-order valence-corrected chi connectivity index (χ0v) is 12.7. The molecule has 2 fully saturated rings. The van der Waals surface area contributed by atoms with Gasteiger partial charge in [-0.15, -0.1) is 0 Å². The quantitative estimate of drug-likeness (QED) is 0.816. The minimum atomic E-state index is -0.427. The summed E-state index contributed by atoms with van der Waals surface area (Å²) in [6, 6.07) is 5.37. The van der Waals surface area contributed by atoms with Crippen molar-refractivity contribution in [1.29, 1.82) is 0 Å². The summed E-state index contributed by atoms with van der Waals surface area (Å²) < 4.78 is 0. The van der Waals surface area contributed by atoms with E-state index in [1.165, 1.54) is 25.7 Å². The molecular weight excluding hydrogens is 262 g/mol. The maximum absolute atomic E-state index is 11.1. The predicted molar refractivity (Wildman–Crippen MR) is 84.6 cm³/mol. The highest BCUT2D eigenvalue weighted by atomic mass is 16.1. The molecule has 1 aromatic rings. The summed E-state index contributed by atoms with van der Waals surface area (Å²) in [6.07, 6.45) is 5.74. The van der Waals surface area contributed by atoms with Crippen LogP contribution >= 0.6 is 0 Å². The second kappa shape index (κ2) is 5.68. The fourth-order valence-corrected chi connectivity index (χ4v) is 4.25. The maximum atomic E-state index is 11.1. The van der Waals surface area contributed by atoms with Crippen LogP contribution in [0.25, 0.3) is 0 Å². The Morgan fingerprint density at radius 3 is 2.71 bits per heavy atom. The van der Waals surface area contributed by atoms with Crippen molar-refractivity contribution in [3.63, 3.8) is 0 Å². The Morgan fingerprint density at radius 2 is 2.14 bits per heavy atom. The Labute approximate surface area is 126 Å². The molecule has 0 spiro atoms. The summed E-state index contributed by atoms with van der Waals surface area (Å²) in [5.41, 5.74) is 13.5. The lowest BCUT2D eigenvalue weighted by molar-refractivity contribution is 0.100. The number of hydrogen-bond donors (Lipinski definition) is 2. The number of carbonyl (C=O) groups is 1. The van der Waals surface area contributed by atoms with Gasteiger partial charge < -0.3 is 16.4 Å². The second-order valence-corrected chi connectivity index (χ2v) is 6.91. The molecule has 2 aliphatic rings. The number of nitrogen functional groups attached to an aromatic ring is 1. The van der Waals surface area contributed by atoms with Gasteiger partial charge in [0.25, 0.3) is 0 Å². The van der Waals surface area contributed by atoms with Gasteiger partial charge in [0.05, 0.1) is 0 Å². The molecule has 2 aliphatic carbocycles. The van der Waals surface area contributed by atoms with Crippen LogP contribution in [0.2, 0.25) is 0 Å².